The van der Waals surface area contributed by atoms with Crippen LogP contribution in [0.5, 0.6) is 0 Å². The van der Waals surface area contributed by atoms with E-state index in [4.69, 9.17) is 23.2 Å². The zero-order valence-corrected chi connectivity index (χ0v) is 19.5. The van der Waals surface area contributed by atoms with Gasteiger partial charge in [-0.3, -0.25) is 14.3 Å². The minimum atomic E-state index is -3.58. The lowest BCUT2D eigenvalue weighted by atomic mass is 10.2. The fraction of sp³-hybridized carbons (Fsp3) is 0.333. The largest absolute Gasteiger partial charge is 0.298 e. The summed E-state index contributed by atoms with van der Waals surface area (Å²) in [6, 6.07) is 11.2. The summed E-state index contributed by atoms with van der Waals surface area (Å²) in [5.74, 6) is 0.619. The third-order valence-corrected chi connectivity index (χ3v) is 8.21. The molecule has 1 unspecified atom stereocenters. The summed E-state index contributed by atoms with van der Waals surface area (Å²) in [7, 11) is -1.89. The molecule has 0 radical (unpaired) electrons. The Balaban J connectivity index is 1.55. The first kappa shape index (κ1) is 22.2. The molecule has 1 fully saturated rings. The number of halogens is 2. The van der Waals surface area contributed by atoms with Gasteiger partial charge in [0, 0.05) is 38.2 Å². The maximum Gasteiger partial charge on any atom is 0.262 e. The number of benzene rings is 2. The van der Waals surface area contributed by atoms with Crippen molar-refractivity contribution in [1.82, 2.24) is 18.8 Å². The smallest absolute Gasteiger partial charge is 0.262 e. The Labute approximate surface area is 190 Å². The van der Waals surface area contributed by atoms with Crippen molar-refractivity contribution in [1.29, 1.82) is 0 Å². The molecular formula is C21H22Cl2N4O3S. The molecule has 1 atom stereocenters. The van der Waals surface area contributed by atoms with Crippen LogP contribution in [0.25, 0.3) is 10.9 Å². The number of rotatable bonds is 4. The summed E-state index contributed by atoms with van der Waals surface area (Å²) >= 11 is 12.1. The monoisotopic (exact) mass is 480 g/mol. The standard InChI is InChI=1S/C21H22Cl2N4O3S/c1-14(20-24-18-5-3-4-17(23)19(18)21(28)25(20)2)26-10-12-27(13-11-26)31(29,30)16-8-6-15(22)7-9-16/h3-9,14H,10-13H2,1-2H3. The zero-order chi connectivity index (χ0) is 22.3. The fourth-order valence-corrected chi connectivity index (χ4v) is 5.71. The second-order valence-corrected chi connectivity index (χ2v) is 10.3. The van der Waals surface area contributed by atoms with Gasteiger partial charge in [0.05, 0.1) is 26.9 Å². The molecule has 3 aromatic rings. The molecule has 2 aromatic carbocycles. The van der Waals surface area contributed by atoms with Crippen molar-refractivity contribution >= 4 is 44.1 Å². The quantitative estimate of drug-likeness (QED) is 0.572. The van der Waals surface area contributed by atoms with Gasteiger partial charge in [-0.2, -0.15) is 4.31 Å². The molecule has 1 aliphatic rings. The van der Waals surface area contributed by atoms with Crippen LogP contribution in [-0.4, -0.2) is 53.4 Å². The van der Waals surface area contributed by atoms with E-state index in [1.165, 1.54) is 21.0 Å². The van der Waals surface area contributed by atoms with E-state index in [1.807, 2.05) is 6.92 Å². The number of hydrogen-bond acceptors (Lipinski definition) is 5. The van der Waals surface area contributed by atoms with Crippen LogP contribution < -0.4 is 5.56 Å². The molecule has 1 aliphatic heterocycles. The van der Waals surface area contributed by atoms with Gasteiger partial charge in [0.1, 0.15) is 5.82 Å². The molecule has 4 rings (SSSR count). The number of piperazine rings is 1. The molecule has 31 heavy (non-hydrogen) atoms. The molecule has 2 heterocycles. The molecule has 0 aliphatic carbocycles. The van der Waals surface area contributed by atoms with Crippen LogP contribution in [0.15, 0.2) is 52.2 Å². The predicted molar refractivity (Wildman–Crippen MR) is 122 cm³/mol. The minimum Gasteiger partial charge on any atom is -0.298 e. The van der Waals surface area contributed by atoms with Crippen molar-refractivity contribution in [3.8, 4) is 0 Å². The molecule has 0 spiro atoms. The van der Waals surface area contributed by atoms with E-state index in [0.29, 0.717) is 53.0 Å². The summed E-state index contributed by atoms with van der Waals surface area (Å²) in [4.78, 5) is 19.9. The molecule has 164 valence electrons. The maximum atomic E-state index is 12.9. The van der Waals surface area contributed by atoms with Gasteiger partial charge >= 0.3 is 0 Å². The average Bonchev–Trinajstić information content (AvgIpc) is 2.76. The first-order valence-corrected chi connectivity index (χ1v) is 12.0. The van der Waals surface area contributed by atoms with E-state index in [9.17, 15) is 13.2 Å². The van der Waals surface area contributed by atoms with E-state index in [2.05, 4.69) is 9.88 Å². The SMILES string of the molecule is CC(c1nc2cccc(Cl)c2c(=O)n1C)N1CCN(S(=O)(=O)c2ccc(Cl)cc2)CC1. The number of sulfonamides is 1. The maximum absolute atomic E-state index is 12.9. The predicted octanol–water partition coefficient (Wildman–Crippen LogP) is 3.31. The Morgan fingerprint density at radius 1 is 1.00 bits per heavy atom. The number of aromatic nitrogens is 2. The van der Waals surface area contributed by atoms with Gasteiger partial charge in [-0.1, -0.05) is 29.3 Å². The highest BCUT2D eigenvalue weighted by atomic mass is 35.5. The molecular weight excluding hydrogens is 459 g/mol. The summed E-state index contributed by atoms with van der Waals surface area (Å²) in [5.41, 5.74) is 0.364. The van der Waals surface area contributed by atoms with Crippen molar-refractivity contribution in [3.05, 3.63) is 68.7 Å². The molecule has 10 heteroatoms. The minimum absolute atomic E-state index is 0.165. The second-order valence-electron chi connectivity index (χ2n) is 7.54. The van der Waals surface area contributed by atoms with Crippen LogP contribution in [0.3, 0.4) is 0 Å². The normalized spacial score (nSPS) is 17.2. The van der Waals surface area contributed by atoms with Crippen LogP contribution in [0.1, 0.15) is 18.8 Å². The van der Waals surface area contributed by atoms with E-state index in [-0.39, 0.29) is 16.5 Å². The van der Waals surface area contributed by atoms with Gasteiger partial charge in [-0.05, 0) is 43.3 Å². The van der Waals surface area contributed by atoms with E-state index in [1.54, 1.807) is 37.4 Å². The van der Waals surface area contributed by atoms with Crippen molar-refractivity contribution in [2.24, 2.45) is 7.05 Å². The van der Waals surface area contributed by atoms with Crippen molar-refractivity contribution in [2.75, 3.05) is 26.2 Å². The summed E-state index contributed by atoms with van der Waals surface area (Å²) in [6.07, 6.45) is 0. The Hall–Kier alpha value is -1.97. The highest BCUT2D eigenvalue weighted by molar-refractivity contribution is 7.89. The first-order chi connectivity index (χ1) is 14.7. The lowest BCUT2D eigenvalue weighted by Crippen LogP contribution is -2.49. The third kappa shape index (κ3) is 4.10. The van der Waals surface area contributed by atoms with Crippen LogP contribution in [0, 0.1) is 0 Å². The van der Waals surface area contributed by atoms with Gasteiger partial charge in [0.2, 0.25) is 10.0 Å². The third-order valence-electron chi connectivity index (χ3n) is 5.73. The number of nitrogens with zero attached hydrogens (tertiary/aromatic N) is 4. The molecule has 0 amide bonds. The van der Waals surface area contributed by atoms with Crippen molar-refractivity contribution < 1.29 is 8.42 Å². The van der Waals surface area contributed by atoms with E-state index < -0.39 is 10.0 Å². The van der Waals surface area contributed by atoms with Crippen molar-refractivity contribution in [2.45, 2.75) is 17.9 Å². The topological polar surface area (TPSA) is 75.5 Å². The van der Waals surface area contributed by atoms with Crippen LogP contribution in [0.2, 0.25) is 10.0 Å². The summed E-state index contributed by atoms with van der Waals surface area (Å²) in [5, 5.41) is 1.28. The second kappa shape index (κ2) is 8.52. The first-order valence-electron chi connectivity index (χ1n) is 9.85. The Morgan fingerprint density at radius 3 is 2.29 bits per heavy atom. The van der Waals surface area contributed by atoms with Gasteiger partial charge < -0.3 is 0 Å². The molecule has 7 nitrogen and oxygen atoms in total. The lowest BCUT2D eigenvalue weighted by molar-refractivity contribution is 0.139. The Morgan fingerprint density at radius 2 is 1.65 bits per heavy atom. The van der Waals surface area contributed by atoms with Gasteiger partial charge in [0.15, 0.2) is 0 Å². The average molecular weight is 481 g/mol. The molecule has 1 aromatic heterocycles. The zero-order valence-electron chi connectivity index (χ0n) is 17.1. The number of fused-ring (bicyclic) bond motifs is 1. The van der Waals surface area contributed by atoms with Crippen LogP contribution in [-0.2, 0) is 17.1 Å². The van der Waals surface area contributed by atoms with E-state index >= 15 is 0 Å². The van der Waals surface area contributed by atoms with E-state index in [0.717, 1.165) is 0 Å². The molecule has 0 bridgehead atoms. The number of hydrogen-bond donors (Lipinski definition) is 0. The Kier molecular flexibility index (Phi) is 6.11. The van der Waals surface area contributed by atoms with Gasteiger partial charge in [0.25, 0.3) is 5.56 Å². The molecule has 0 saturated carbocycles. The fourth-order valence-electron chi connectivity index (χ4n) is 3.91. The molecule has 0 N–H and O–H groups in total. The summed E-state index contributed by atoms with van der Waals surface area (Å²) in [6.45, 7) is 3.72. The van der Waals surface area contributed by atoms with Crippen LogP contribution >= 0.6 is 23.2 Å². The van der Waals surface area contributed by atoms with Gasteiger partial charge in [-0.25, -0.2) is 13.4 Å². The molecule has 1 saturated heterocycles. The highest BCUT2D eigenvalue weighted by Gasteiger charge is 2.31. The van der Waals surface area contributed by atoms with Crippen LogP contribution in [0.4, 0.5) is 0 Å². The highest BCUT2D eigenvalue weighted by Crippen LogP contribution is 2.25. The summed E-state index contributed by atoms with van der Waals surface area (Å²) < 4.78 is 28.8. The lowest BCUT2D eigenvalue weighted by Gasteiger charge is -2.37. The Bertz CT molecular complexity index is 1280. The van der Waals surface area contributed by atoms with Gasteiger partial charge in [-0.15, -0.1) is 0 Å². The van der Waals surface area contributed by atoms with Crippen molar-refractivity contribution in [3.63, 3.8) is 0 Å².